The third-order valence-electron chi connectivity index (χ3n) is 6.12. The molecule has 2 aromatic carbocycles. The first-order chi connectivity index (χ1) is 17.3. The highest BCUT2D eigenvalue weighted by Crippen LogP contribution is 2.26. The van der Waals surface area contributed by atoms with Gasteiger partial charge in [0.2, 0.25) is 0 Å². The van der Waals surface area contributed by atoms with Crippen molar-refractivity contribution in [1.82, 2.24) is 19.8 Å². The maximum absolute atomic E-state index is 13.0. The molecule has 2 aromatic heterocycles. The number of hydrogen-bond acceptors (Lipinski definition) is 7. The predicted molar refractivity (Wildman–Crippen MR) is 142 cm³/mol. The van der Waals surface area contributed by atoms with Crippen LogP contribution in [0.5, 0.6) is 0 Å². The molecule has 1 N–H and O–H groups in total. The largest absolute Gasteiger partial charge is 0.367 e. The Morgan fingerprint density at radius 1 is 0.972 bits per heavy atom. The normalized spacial score (nSPS) is 14.1. The number of pyridine rings is 1. The van der Waals surface area contributed by atoms with E-state index in [2.05, 4.69) is 26.2 Å². The van der Waals surface area contributed by atoms with E-state index in [1.54, 1.807) is 53.9 Å². The van der Waals surface area contributed by atoms with Gasteiger partial charge in [-0.05, 0) is 43.3 Å². The zero-order valence-corrected chi connectivity index (χ0v) is 21.3. The molecule has 36 heavy (non-hydrogen) atoms. The molecular formula is C26H25N5O3S2. The van der Waals surface area contributed by atoms with Crippen molar-refractivity contribution in [3.8, 4) is 0 Å². The molecule has 5 rings (SSSR count). The molecular weight excluding hydrogens is 494 g/mol. The Labute approximate surface area is 214 Å². The monoisotopic (exact) mass is 519 g/mol. The molecule has 0 atom stereocenters. The fourth-order valence-electron chi connectivity index (χ4n) is 4.20. The van der Waals surface area contributed by atoms with E-state index >= 15 is 0 Å². The highest BCUT2D eigenvalue weighted by molar-refractivity contribution is 7.93. The molecule has 0 unspecified atom stereocenters. The lowest BCUT2D eigenvalue weighted by atomic mass is 10.1. The lowest BCUT2D eigenvalue weighted by Gasteiger charge is -2.36. The van der Waals surface area contributed by atoms with Crippen LogP contribution in [0.4, 0.5) is 5.69 Å². The number of benzene rings is 2. The fraction of sp³-hybridized carbons (Fsp3) is 0.192. The summed E-state index contributed by atoms with van der Waals surface area (Å²) in [5, 5.41) is 1.74. The average Bonchev–Trinajstić information content (AvgIpc) is 3.34. The highest BCUT2D eigenvalue weighted by atomic mass is 32.2. The molecule has 8 nitrogen and oxygen atoms in total. The number of amides is 1. The van der Waals surface area contributed by atoms with Gasteiger partial charge in [-0.3, -0.25) is 14.5 Å². The fourth-order valence-corrected chi connectivity index (χ4v) is 6.21. The Bertz CT molecular complexity index is 1530. The Morgan fingerprint density at radius 2 is 1.67 bits per heavy atom. The third-order valence-corrected chi connectivity index (χ3v) is 8.50. The van der Waals surface area contributed by atoms with E-state index in [9.17, 15) is 13.2 Å². The number of hydrogen-bond donors (Lipinski definition) is 1. The van der Waals surface area contributed by atoms with Crippen LogP contribution in [0, 0.1) is 6.92 Å². The summed E-state index contributed by atoms with van der Waals surface area (Å²) in [7, 11) is -3.85. The van der Waals surface area contributed by atoms with Crippen molar-refractivity contribution in [2.45, 2.75) is 11.8 Å². The lowest BCUT2D eigenvalue weighted by molar-refractivity contribution is 0.0686. The Morgan fingerprint density at radius 3 is 2.36 bits per heavy atom. The van der Waals surface area contributed by atoms with E-state index in [1.165, 1.54) is 6.07 Å². The van der Waals surface area contributed by atoms with Crippen molar-refractivity contribution in [2.75, 3.05) is 30.9 Å². The maximum atomic E-state index is 13.0. The van der Waals surface area contributed by atoms with Crippen LogP contribution in [0.1, 0.15) is 20.2 Å². The molecule has 4 aromatic rings. The number of piperazine rings is 1. The standard InChI is InChI=1S/C26H25N5O3S2/c1-18(23-17-28-19(2)35-23)30-13-15-31(16-14-30)26(32)21-8-10-22(11-9-21)29-36(33,34)24-7-3-5-20-6-4-12-27-25(20)24/h3-12,17,29H,1,13-16H2,2H3. The quantitative estimate of drug-likeness (QED) is 0.410. The molecule has 0 radical (unpaired) electrons. The van der Waals surface area contributed by atoms with Crippen LogP contribution in [-0.4, -0.2) is 60.3 Å². The summed E-state index contributed by atoms with van der Waals surface area (Å²) in [6, 6.07) is 15.1. The number of nitrogens with zero attached hydrogens (tertiary/aromatic N) is 4. The number of sulfonamides is 1. The van der Waals surface area contributed by atoms with Crippen LogP contribution in [0.3, 0.4) is 0 Å². The summed E-state index contributed by atoms with van der Waals surface area (Å²) >= 11 is 1.61. The van der Waals surface area contributed by atoms with Crippen molar-refractivity contribution < 1.29 is 13.2 Å². The van der Waals surface area contributed by atoms with Gasteiger partial charge in [0.05, 0.1) is 15.4 Å². The first-order valence-electron chi connectivity index (χ1n) is 11.4. The number of thiazole rings is 1. The minimum Gasteiger partial charge on any atom is -0.367 e. The van der Waals surface area contributed by atoms with Gasteiger partial charge in [-0.15, -0.1) is 11.3 Å². The summed E-state index contributed by atoms with van der Waals surface area (Å²) < 4.78 is 28.7. The smallest absolute Gasteiger partial charge is 0.264 e. The van der Waals surface area contributed by atoms with Crippen molar-refractivity contribution in [3.05, 3.63) is 89.0 Å². The Kier molecular flexibility index (Phi) is 6.46. The molecule has 0 saturated carbocycles. The molecule has 1 aliphatic heterocycles. The van der Waals surface area contributed by atoms with E-state index in [1.807, 2.05) is 30.2 Å². The first-order valence-corrected chi connectivity index (χ1v) is 13.7. The maximum Gasteiger partial charge on any atom is 0.264 e. The van der Waals surface area contributed by atoms with Gasteiger partial charge < -0.3 is 9.80 Å². The molecule has 1 saturated heterocycles. The molecule has 0 bridgehead atoms. The van der Waals surface area contributed by atoms with Gasteiger partial charge in [0, 0.05) is 60.9 Å². The second kappa shape index (κ2) is 9.71. The summed E-state index contributed by atoms with van der Waals surface area (Å²) in [6.07, 6.45) is 3.41. The number of fused-ring (bicyclic) bond motifs is 1. The molecule has 3 heterocycles. The lowest BCUT2D eigenvalue weighted by Crippen LogP contribution is -2.47. The molecule has 0 aliphatic carbocycles. The number of anilines is 1. The summed E-state index contributed by atoms with van der Waals surface area (Å²) in [5.74, 6) is -0.0819. The SMILES string of the molecule is C=C(c1cnc(C)s1)N1CCN(C(=O)c2ccc(NS(=O)(=O)c3cccc4cccnc34)cc2)CC1. The Hall–Kier alpha value is -3.76. The number of carbonyl (C=O) groups is 1. The van der Waals surface area contributed by atoms with Crippen LogP contribution in [0.25, 0.3) is 16.6 Å². The van der Waals surface area contributed by atoms with Crippen molar-refractivity contribution in [2.24, 2.45) is 0 Å². The first kappa shape index (κ1) is 24.0. The van der Waals surface area contributed by atoms with E-state index in [0.717, 1.165) is 21.0 Å². The predicted octanol–water partition coefficient (Wildman–Crippen LogP) is 4.23. The molecule has 0 spiro atoms. The molecule has 1 aliphatic rings. The van der Waals surface area contributed by atoms with Crippen molar-refractivity contribution >= 4 is 49.6 Å². The van der Waals surface area contributed by atoms with Gasteiger partial charge in [0.1, 0.15) is 4.90 Å². The zero-order valence-electron chi connectivity index (χ0n) is 19.7. The van der Waals surface area contributed by atoms with Gasteiger partial charge in [-0.25, -0.2) is 13.4 Å². The second-order valence-corrected chi connectivity index (χ2v) is 11.4. The van der Waals surface area contributed by atoms with Crippen LogP contribution in [0.2, 0.25) is 0 Å². The second-order valence-electron chi connectivity index (χ2n) is 8.48. The van der Waals surface area contributed by atoms with Gasteiger partial charge >= 0.3 is 0 Å². The van der Waals surface area contributed by atoms with Gasteiger partial charge in [0.25, 0.3) is 15.9 Å². The highest BCUT2D eigenvalue weighted by Gasteiger charge is 2.24. The minimum atomic E-state index is -3.85. The zero-order chi connectivity index (χ0) is 25.3. The van der Waals surface area contributed by atoms with Gasteiger partial charge in [-0.2, -0.15) is 0 Å². The number of rotatable bonds is 6. The van der Waals surface area contributed by atoms with Crippen molar-refractivity contribution in [1.29, 1.82) is 0 Å². The van der Waals surface area contributed by atoms with E-state index in [-0.39, 0.29) is 10.8 Å². The van der Waals surface area contributed by atoms with Gasteiger partial charge in [-0.1, -0.05) is 24.8 Å². The minimum absolute atomic E-state index is 0.0819. The molecule has 1 fully saturated rings. The number of nitrogens with one attached hydrogen (secondary N) is 1. The van der Waals surface area contributed by atoms with Crippen LogP contribution in [0.15, 0.2) is 78.5 Å². The van der Waals surface area contributed by atoms with E-state index in [4.69, 9.17) is 0 Å². The van der Waals surface area contributed by atoms with Crippen LogP contribution < -0.4 is 4.72 Å². The molecule has 10 heteroatoms. The number of aromatic nitrogens is 2. The van der Waals surface area contributed by atoms with Crippen LogP contribution in [-0.2, 0) is 10.0 Å². The molecule has 184 valence electrons. The Balaban J connectivity index is 1.23. The summed E-state index contributed by atoms with van der Waals surface area (Å²) in [4.78, 5) is 26.7. The number of carbonyl (C=O) groups excluding carboxylic acids is 1. The topological polar surface area (TPSA) is 95.5 Å². The third kappa shape index (κ3) is 4.82. The van der Waals surface area contributed by atoms with Crippen molar-refractivity contribution in [3.63, 3.8) is 0 Å². The summed E-state index contributed by atoms with van der Waals surface area (Å²) in [5.41, 5.74) is 2.23. The number of para-hydroxylation sites is 1. The van der Waals surface area contributed by atoms with Gasteiger partial charge in [0.15, 0.2) is 0 Å². The van der Waals surface area contributed by atoms with E-state index < -0.39 is 10.0 Å². The number of aryl methyl sites for hydroxylation is 1. The van der Waals surface area contributed by atoms with Crippen LogP contribution >= 0.6 is 11.3 Å². The summed E-state index contributed by atoms with van der Waals surface area (Å²) in [6.45, 7) is 8.72. The average molecular weight is 520 g/mol. The molecule has 1 amide bonds. The van der Waals surface area contributed by atoms with E-state index in [0.29, 0.717) is 42.9 Å².